The average Bonchev–Trinajstić information content (AvgIpc) is 2.32. The molecule has 0 aromatic rings. The molecule has 0 spiro atoms. The second-order valence-electron chi connectivity index (χ2n) is 4.82. The molecule has 0 aromatic heterocycles. The molecule has 1 aliphatic rings. The van der Waals surface area contributed by atoms with Crippen LogP contribution < -0.4 is 0 Å². The summed E-state index contributed by atoms with van der Waals surface area (Å²) >= 11 is 0. The highest BCUT2D eigenvalue weighted by molar-refractivity contribution is 4.91. The molecule has 1 saturated heterocycles. The summed E-state index contributed by atoms with van der Waals surface area (Å²) in [5.74, 6) is -1.72. The Bertz CT molecular complexity index is 223. The van der Waals surface area contributed by atoms with Gasteiger partial charge in [0.05, 0.1) is 6.61 Å². The van der Waals surface area contributed by atoms with Crippen LogP contribution in [-0.4, -0.2) is 51.1 Å². The lowest BCUT2D eigenvalue weighted by Gasteiger charge is -2.41. The van der Waals surface area contributed by atoms with Crippen LogP contribution in [0.4, 0.5) is 0 Å². The van der Waals surface area contributed by atoms with Crippen LogP contribution in [0.15, 0.2) is 0 Å². The van der Waals surface area contributed by atoms with E-state index in [9.17, 15) is 20.4 Å². The van der Waals surface area contributed by atoms with Gasteiger partial charge in [-0.3, -0.25) is 0 Å². The third kappa shape index (κ3) is 3.89. The van der Waals surface area contributed by atoms with E-state index >= 15 is 0 Å². The van der Waals surface area contributed by atoms with Crippen molar-refractivity contribution in [2.24, 2.45) is 0 Å². The molecule has 0 radical (unpaired) electrons. The van der Waals surface area contributed by atoms with Gasteiger partial charge in [-0.05, 0) is 6.42 Å². The smallest absolute Gasteiger partial charge is 0.194 e. The lowest BCUT2D eigenvalue weighted by molar-refractivity contribution is -0.323. The van der Waals surface area contributed by atoms with Crippen molar-refractivity contribution in [2.75, 3.05) is 6.61 Å². The maximum atomic E-state index is 10.0. The van der Waals surface area contributed by atoms with Crippen LogP contribution in [-0.2, 0) is 4.74 Å². The summed E-state index contributed by atoms with van der Waals surface area (Å²) in [6.07, 6.45) is 1.45. The molecule has 0 bridgehead atoms. The van der Waals surface area contributed by atoms with Crippen LogP contribution in [0, 0.1) is 0 Å². The monoisotopic (exact) mass is 248 g/mol. The first-order chi connectivity index (χ1) is 8.01. The van der Waals surface area contributed by atoms with E-state index in [4.69, 9.17) is 4.74 Å². The number of unbranched alkanes of at least 4 members (excludes halogenated alkanes) is 4. The van der Waals surface area contributed by atoms with E-state index in [1.54, 1.807) is 0 Å². The van der Waals surface area contributed by atoms with Gasteiger partial charge in [-0.2, -0.15) is 0 Å². The largest absolute Gasteiger partial charge is 0.388 e. The normalized spacial score (nSPS) is 38.3. The van der Waals surface area contributed by atoms with Gasteiger partial charge in [-0.25, -0.2) is 0 Å². The van der Waals surface area contributed by atoms with E-state index in [1.807, 2.05) is 0 Å². The number of hydrogen-bond acceptors (Lipinski definition) is 5. The molecule has 17 heavy (non-hydrogen) atoms. The Labute approximate surface area is 102 Å². The van der Waals surface area contributed by atoms with Crippen molar-refractivity contribution in [3.8, 4) is 0 Å². The van der Waals surface area contributed by atoms with Gasteiger partial charge >= 0.3 is 0 Å². The van der Waals surface area contributed by atoms with Crippen LogP contribution >= 0.6 is 0 Å². The summed E-state index contributed by atoms with van der Waals surface area (Å²) in [7, 11) is 0. The lowest BCUT2D eigenvalue weighted by atomic mass is 9.92. The third-order valence-electron chi connectivity index (χ3n) is 3.32. The van der Waals surface area contributed by atoms with Gasteiger partial charge < -0.3 is 25.2 Å². The molecule has 1 heterocycles. The highest BCUT2D eigenvalue weighted by Gasteiger charge is 2.47. The van der Waals surface area contributed by atoms with Crippen LogP contribution in [0.5, 0.6) is 0 Å². The summed E-state index contributed by atoms with van der Waals surface area (Å²) in [5, 5.41) is 38.5. The maximum Gasteiger partial charge on any atom is 0.194 e. The fourth-order valence-corrected chi connectivity index (χ4v) is 2.09. The highest BCUT2D eigenvalue weighted by Crippen LogP contribution is 2.28. The van der Waals surface area contributed by atoms with Gasteiger partial charge in [0, 0.05) is 6.42 Å². The van der Waals surface area contributed by atoms with Crippen molar-refractivity contribution in [3.05, 3.63) is 0 Å². The van der Waals surface area contributed by atoms with Gasteiger partial charge in [0.2, 0.25) is 0 Å². The van der Waals surface area contributed by atoms with Crippen molar-refractivity contribution in [2.45, 2.75) is 69.5 Å². The van der Waals surface area contributed by atoms with Gasteiger partial charge in [-0.15, -0.1) is 0 Å². The Morgan fingerprint density at radius 2 is 1.76 bits per heavy atom. The Morgan fingerprint density at radius 1 is 1.12 bits per heavy atom. The molecule has 102 valence electrons. The van der Waals surface area contributed by atoms with Crippen molar-refractivity contribution in [3.63, 3.8) is 0 Å². The minimum Gasteiger partial charge on any atom is -0.388 e. The average molecular weight is 248 g/mol. The van der Waals surface area contributed by atoms with Crippen molar-refractivity contribution in [1.29, 1.82) is 0 Å². The predicted octanol–water partition coefficient (Wildman–Crippen LogP) is 0.148. The van der Waals surface area contributed by atoms with E-state index in [0.717, 1.165) is 32.1 Å². The number of ether oxygens (including phenoxy) is 1. The fraction of sp³-hybridized carbons (Fsp3) is 1.00. The number of hydrogen-bond donors (Lipinski definition) is 4. The zero-order valence-electron chi connectivity index (χ0n) is 10.4. The zero-order valence-corrected chi connectivity index (χ0v) is 10.4. The number of aliphatic hydroxyl groups excluding tert-OH is 3. The van der Waals surface area contributed by atoms with E-state index in [2.05, 4.69) is 6.92 Å². The fourth-order valence-electron chi connectivity index (χ4n) is 2.09. The van der Waals surface area contributed by atoms with Crippen LogP contribution in [0.25, 0.3) is 0 Å². The summed E-state index contributed by atoms with van der Waals surface area (Å²) < 4.78 is 5.06. The quantitative estimate of drug-likeness (QED) is 0.502. The summed E-state index contributed by atoms with van der Waals surface area (Å²) in [6, 6.07) is 0. The summed E-state index contributed by atoms with van der Waals surface area (Å²) in [6.45, 7) is 1.98. The number of rotatable bonds is 6. The van der Waals surface area contributed by atoms with E-state index in [1.165, 1.54) is 0 Å². The van der Waals surface area contributed by atoms with Crippen LogP contribution in [0.3, 0.4) is 0 Å². The molecule has 0 aromatic carbocycles. The Balaban J connectivity index is 2.34. The molecule has 1 rings (SSSR count). The minimum absolute atomic E-state index is 0.149. The van der Waals surface area contributed by atoms with E-state index in [0.29, 0.717) is 0 Å². The zero-order chi connectivity index (χ0) is 12.9. The minimum atomic E-state index is -1.72. The molecular formula is C12H24O5. The summed E-state index contributed by atoms with van der Waals surface area (Å²) in [4.78, 5) is 0. The molecule has 1 fully saturated rings. The SMILES string of the molecule is CCCCCCC[C@@]1(O)OC[C@@H](O)[C@H](O)[C@H]1O. The maximum absolute atomic E-state index is 10.0. The molecule has 4 atom stereocenters. The molecule has 5 heteroatoms. The van der Waals surface area contributed by atoms with E-state index in [-0.39, 0.29) is 13.0 Å². The highest BCUT2D eigenvalue weighted by atomic mass is 16.6. The first kappa shape index (κ1) is 14.9. The van der Waals surface area contributed by atoms with Crippen LogP contribution in [0.2, 0.25) is 0 Å². The Kier molecular flexibility index (Phi) is 5.82. The van der Waals surface area contributed by atoms with E-state index < -0.39 is 24.1 Å². The third-order valence-corrected chi connectivity index (χ3v) is 3.32. The second-order valence-corrected chi connectivity index (χ2v) is 4.82. The molecule has 1 aliphatic heterocycles. The van der Waals surface area contributed by atoms with Crippen molar-refractivity contribution in [1.82, 2.24) is 0 Å². The second kappa shape index (κ2) is 6.66. The van der Waals surface area contributed by atoms with Gasteiger partial charge in [-0.1, -0.05) is 32.6 Å². The van der Waals surface area contributed by atoms with Gasteiger partial charge in [0.15, 0.2) is 5.79 Å². The van der Waals surface area contributed by atoms with Crippen molar-refractivity contribution < 1.29 is 25.2 Å². The molecule has 0 amide bonds. The Morgan fingerprint density at radius 3 is 2.41 bits per heavy atom. The molecule has 5 nitrogen and oxygen atoms in total. The first-order valence-corrected chi connectivity index (χ1v) is 6.42. The first-order valence-electron chi connectivity index (χ1n) is 6.42. The molecule has 0 unspecified atom stereocenters. The predicted molar refractivity (Wildman–Crippen MR) is 62.3 cm³/mol. The van der Waals surface area contributed by atoms with Gasteiger partial charge in [0.1, 0.15) is 18.3 Å². The number of aliphatic hydroxyl groups is 4. The van der Waals surface area contributed by atoms with Crippen molar-refractivity contribution >= 4 is 0 Å². The molecule has 0 aliphatic carbocycles. The topological polar surface area (TPSA) is 90.2 Å². The summed E-state index contributed by atoms with van der Waals surface area (Å²) in [5.41, 5.74) is 0. The standard InChI is InChI=1S/C12H24O5/c1-2-3-4-5-6-7-12(16)11(15)10(14)9(13)8-17-12/h9-11,13-16H,2-8H2,1H3/t9-,10+,11-,12-/m1/s1. The van der Waals surface area contributed by atoms with Gasteiger partial charge in [0.25, 0.3) is 0 Å². The van der Waals surface area contributed by atoms with Crippen LogP contribution in [0.1, 0.15) is 45.4 Å². The lowest BCUT2D eigenvalue weighted by Crippen LogP contribution is -2.60. The Hall–Kier alpha value is -0.200. The molecular weight excluding hydrogens is 224 g/mol. The molecule has 4 N–H and O–H groups in total. The molecule has 0 saturated carbocycles.